The Morgan fingerprint density at radius 2 is 1.79 bits per heavy atom. The van der Waals surface area contributed by atoms with Crippen LogP contribution in [0.5, 0.6) is 0 Å². The van der Waals surface area contributed by atoms with Crippen molar-refractivity contribution in [2.24, 2.45) is 0 Å². The fourth-order valence-corrected chi connectivity index (χ4v) is 3.82. The number of fused-ring (bicyclic) bond motifs is 2. The van der Waals surface area contributed by atoms with Gasteiger partial charge < -0.3 is 15.5 Å². The van der Waals surface area contributed by atoms with Crippen LogP contribution in [0.2, 0.25) is 0 Å². The summed E-state index contributed by atoms with van der Waals surface area (Å²) in [4.78, 5) is 26.5. The Hall–Kier alpha value is -2.11. The maximum absolute atomic E-state index is 13.0. The van der Waals surface area contributed by atoms with Crippen LogP contribution in [-0.4, -0.2) is 41.5 Å². The number of urea groups is 1. The molecular weight excluding hydrogens is 309 g/mol. The summed E-state index contributed by atoms with van der Waals surface area (Å²) in [5.74, 6) is -0.528. The lowest BCUT2D eigenvalue weighted by Crippen LogP contribution is -2.55. The number of carbonyl (C=O) groups is 2. The maximum atomic E-state index is 13.0. The van der Waals surface area contributed by atoms with Crippen molar-refractivity contribution in [3.05, 3.63) is 35.6 Å². The first-order valence-corrected chi connectivity index (χ1v) is 8.71. The Kier molecular flexibility index (Phi) is 5.02. The molecule has 0 aromatic heterocycles. The second-order valence-electron chi connectivity index (χ2n) is 6.67. The van der Waals surface area contributed by atoms with Gasteiger partial charge in [-0.15, -0.1) is 0 Å². The second kappa shape index (κ2) is 7.20. The van der Waals surface area contributed by atoms with Crippen LogP contribution in [0.25, 0.3) is 0 Å². The first-order valence-electron chi connectivity index (χ1n) is 8.71. The van der Waals surface area contributed by atoms with Crippen LogP contribution in [-0.2, 0) is 0 Å². The van der Waals surface area contributed by atoms with E-state index in [4.69, 9.17) is 0 Å². The van der Waals surface area contributed by atoms with Crippen LogP contribution >= 0.6 is 0 Å². The van der Waals surface area contributed by atoms with Crippen molar-refractivity contribution in [2.75, 3.05) is 6.54 Å². The molecule has 2 aliphatic heterocycles. The summed E-state index contributed by atoms with van der Waals surface area (Å²) in [5.41, 5.74) is 0.465. The van der Waals surface area contributed by atoms with Gasteiger partial charge in [0, 0.05) is 30.2 Å². The lowest BCUT2D eigenvalue weighted by atomic mass is 9.97. The van der Waals surface area contributed by atoms with Gasteiger partial charge in [0.15, 0.2) is 0 Å². The first kappa shape index (κ1) is 16.7. The number of carbonyl (C=O) groups excluding carboxylic acids is 2. The number of rotatable bonds is 4. The molecule has 2 fully saturated rings. The van der Waals surface area contributed by atoms with Gasteiger partial charge in [-0.3, -0.25) is 4.79 Å². The average Bonchev–Trinajstić information content (AvgIpc) is 2.84. The third-order valence-electron chi connectivity index (χ3n) is 4.94. The molecule has 0 radical (unpaired) electrons. The summed E-state index contributed by atoms with van der Waals surface area (Å²) < 4.78 is 13.0. The summed E-state index contributed by atoms with van der Waals surface area (Å²) in [6.45, 7) is 2.73. The predicted octanol–water partition coefficient (Wildman–Crippen LogP) is 2.67. The van der Waals surface area contributed by atoms with Gasteiger partial charge >= 0.3 is 6.03 Å². The molecule has 0 aliphatic carbocycles. The third-order valence-corrected chi connectivity index (χ3v) is 4.94. The van der Waals surface area contributed by atoms with Crippen LogP contribution < -0.4 is 10.6 Å². The Morgan fingerprint density at radius 3 is 2.38 bits per heavy atom. The number of amides is 3. The minimum absolute atomic E-state index is 0.0210. The van der Waals surface area contributed by atoms with Gasteiger partial charge in [-0.2, -0.15) is 0 Å². The van der Waals surface area contributed by atoms with Gasteiger partial charge in [0.05, 0.1) is 0 Å². The van der Waals surface area contributed by atoms with Gasteiger partial charge in [0.2, 0.25) is 0 Å². The van der Waals surface area contributed by atoms with Crippen molar-refractivity contribution in [1.82, 2.24) is 15.5 Å². The standard InChI is InChI=1S/C18H24FN3O2/c1-2-9-20-18(24)22-15-7-8-16(22)11-14(10-15)21-17(23)12-3-5-13(19)6-4-12/h3-6,14-16H,2,7-11H2,1H3,(H,20,24)(H,21,23). The highest BCUT2D eigenvalue weighted by Crippen LogP contribution is 2.35. The number of benzene rings is 1. The van der Waals surface area contributed by atoms with Crippen molar-refractivity contribution in [3.63, 3.8) is 0 Å². The molecule has 3 rings (SSSR count). The maximum Gasteiger partial charge on any atom is 0.317 e. The van der Waals surface area contributed by atoms with Crippen LogP contribution in [0.4, 0.5) is 9.18 Å². The van der Waals surface area contributed by atoms with Gasteiger partial charge in [-0.1, -0.05) is 6.92 Å². The smallest absolute Gasteiger partial charge is 0.317 e. The van der Waals surface area contributed by atoms with E-state index in [0.29, 0.717) is 12.1 Å². The number of halogens is 1. The molecule has 2 N–H and O–H groups in total. The SMILES string of the molecule is CCCNC(=O)N1C2CCC1CC(NC(=O)c1ccc(F)cc1)C2. The largest absolute Gasteiger partial charge is 0.349 e. The van der Waals surface area contributed by atoms with Gasteiger partial charge in [0.1, 0.15) is 5.82 Å². The van der Waals surface area contributed by atoms with E-state index in [2.05, 4.69) is 10.6 Å². The van der Waals surface area contributed by atoms with Crippen molar-refractivity contribution in [1.29, 1.82) is 0 Å². The average molecular weight is 333 g/mol. The molecule has 0 saturated carbocycles. The van der Waals surface area contributed by atoms with E-state index in [1.807, 2.05) is 11.8 Å². The number of piperidine rings is 1. The van der Waals surface area contributed by atoms with Crippen LogP contribution in [0, 0.1) is 5.82 Å². The fraction of sp³-hybridized carbons (Fsp3) is 0.556. The molecule has 2 heterocycles. The van der Waals surface area contributed by atoms with Crippen LogP contribution in [0.1, 0.15) is 49.4 Å². The highest BCUT2D eigenvalue weighted by atomic mass is 19.1. The normalized spacial score (nSPS) is 25.4. The number of hydrogen-bond donors (Lipinski definition) is 2. The molecule has 1 aromatic carbocycles. The monoisotopic (exact) mass is 333 g/mol. The highest BCUT2D eigenvalue weighted by Gasteiger charge is 2.43. The van der Waals surface area contributed by atoms with Gasteiger partial charge in [-0.05, 0) is 56.4 Å². The van der Waals surface area contributed by atoms with Gasteiger partial charge in [0.25, 0.3) is 5.91 Å². The quantitative estimate of drug-likeness (QED) is 0.890. The van der Waals surface area contributed by atoms with E-state index in [-0.39, 0.29) is 35.9 Å². The van der Waals surface area contributed by atoms with Gasteiger partial charge in [-0.25, -0.2) is 9.18 Å². The third kappa shape index (κ3) is 3.52. The summed E-state index contributed by atoms with van der Waals surface area (Å²) in [5, 5.41) is 5.99. The molecule has 2 atom stereocenters. The molecular formula is C18H24FN3O2. The lowest BCUT2D eigenvalue weighted by Gasteiger charge is -2.39. The van der Waals surface area contributed by atoms with Crippen molar-refractivity contribution >= 4 is 11.9 Å². The van der Waals surface area contributed by atoms with E-state index in [1.54, 1.807) is 0 Å². The van der Waals surface area contributed by atoms with Crippen molar-refractivity contribution in [2.45, 2.75) is 57.2 Å². The molecule has 6 heteroatoms. The van der Waals surface area contributed by atoms with Crippen molar-refractivity contribution in [3.8, 4) is 0 Å². The number of nitrogens with one attached hydrogen (secondary N) is 2. The molecule has 5 nitrogen and oxygen atoms in total. The Labute approximate surface area is 141 Å². The molecule has 2 aliphatic rings. The molecule has 2 unspecified atom stereocenters. The lowest BCUT2D eigenvalue weighted by molar-refractivity contribution is 0.0885. The first-order chi connectivity index (χ1) is 11.6. The van der Waals surface area contributed by atoms with E-state index in [1.165, 1.54) is 24.3 Å². The summed E-state index contributed by atoms with van der Waals surface area (Å²) >= 11 is 0. The molecule has 0 spiro atoms. The minimum Gasteiger partial charge on any atom is -0.349 e. The summed E-state index contributed by atoms with van der Waals surface area (Å²) in [6.07, 6.45) is 4.47. The van der Waals surface area contributed by atoms with E-state index < -0.39 is 0 Å². The zero-order valence-electron chi connectivity index (χ0n) is 13.9. The van der Waals surface area contributed by atoms with Crippen LogP contribution in [0.3, 0.4) is 0 Å². The molecule has 3 amide bonds. The Bertz CT molecular complexity index is 591. The zero-order valence-corrected chi connectivity index (χ0v) is 13.9. The Morgan fingerprint density at radius 1 is 1.17 bits per heavy atom. The topological polar surface area (TPSA) is 61.4 Å². The molecule has 130 valence electrons. The second-order valence-corrected chi connectivity index (χ2v) is 6.67. The number of nitrogens with zero attached hydrogens (tertiary/aromatic N) is 1. The minimum atomic E-state index is -0.351. The van der Waals surface area contributed by atoms with Crippen molar-refractivity contribution < 1.29 is 14.0 Å². The molecule has 2 bridgehead atoms. The number of hydrogen-bond acceptors (Lipinski definition) is 2. The summed E-state index contributed by atoms with van der Waals surface area (Å²) in [6, 6.07) is 6.04. The van der Waals surface area contributed by atoms with E-state index in [0.717, 1.165) is 32.1 Å². The Balaban J connectivity index is 1.58. The summed E-state index contributed by atoms with van der Waals surface area (Å²) in [7, 11) is 0. The van der Waals surface area contributed by atoms with E-state index in [9.17, 15) is 14.0 Å². The predicted molar refractivity (Wildman–Crippen MR) is 89.2 cm³/mol. The fourth-order valence-electron chi connectivity index (χ4n) is 3.82. The van der Waals surface area contributed by atoms with Crippen LogP contribution in [0.15, 0.2) is 24.3 Å². The van der Waals surface area contributed by atoms with E-state index >= 15 is 0 Å². The molecule has 2 saturated heterocycles. The highest BCUT2D eigenvalue weighted by molar-refractivity contribution is 5.94. The zero-order chi connectivity index (χ0) is 17.1. The molecule has 1 aromatic rings. The molecule has 24 heavy (non-hydrogen) atoms.